The Balaban J connectivity index is 2.48. The fraction of sp³-hybridized carbons (Fsp3) is 0. The Morgan fingerprint density at radius 1 is 1.47 bits per heavy atom. The first-order valence-corrected chi connectivity index (χ1v) is 4.30. The van der Waals surface area contributed by atoms with Gasteiger partial charge in [0.2, 0.25) is 0 Å². The third-order valence-corrected chi connectivity index (χ3v) is 2.11. The maximum Gasteiger partial charge on any atom is 0.335 e. The van der Waals surface area contributed by atoms with Crippen molar-refractivity contribution >= 4 is 11.7 Å². The largest absolute Gasteiger partial charge is 0.478 e. The molecule has 1 heterocycles. The van der Waals surface area contributed by atoms with Crippen molar-refractivity contribution < 1.29 is 9.90 Å². The number of carboxylic acids is 1. The van der Waals surface area contributed by atoms with E-state index >= 15 is 0 Å². The van der Waals surface area contributed by atoms with Crippen molar-refractivity contribution in [1.82, 2.24) is 10.2 Å². The molecule has 15 heavy (non-hydrogen) atoms. The lowest BCUT2D eigenvalue weighted by Gasteiger charge is -2.03. The predicted molar refractivity (Wildman–Crippen MR) is 55.4 cm³/mol. The Morgan fingerprint density at radius 3 is 2.80 bits per heavy atom. The number of nitrogens with zero attached hydrogens (tertiary/aromatic N) is 1. The monoisotopic (exact) mass is 203 g/mol. The van der Waals surface area contributed by atoms with Crippen LogP contribution >= 0.6 is 0 Å². The summed E-state index contributed by atoms with van der Waals surface area (Å²) >= 11 is 0. The molecule has 0 unspecified atom stereocenters. The van der Waals surface area contributed by atoms with Gasteiger partial charge in [0, 0.05) is 23.0 Å². The molecular formula is C10H9N3O2. The molecular weight excluding hydrogens is 194 g/mol. The summed E-state index contributed by atoms with van der Waals surface area (Å²) in [6, 6.07) is 4.62. The van der Waals surface area contributed by atoms with Gasteiger partial charge < -0.3 is 10.8 Å². The van der Waals surface area contributed by atoms with Crippen molar-refractivity contribution in [2.45, 2.75) is 0 Å². The van der Waals surface area contributed by atoms with Crippen LogP contribution in [-0.2, 0) is 0 Å². The zero-order valence-corrected chi connectivity index (χ0v) is 7.77. The van der Waals surface area contributed by atoms with Crippen LogP contribution in [0, 0.1) is 0 Å². The summed E-state index contributed by atoms with van der Waals surface area (Å²) in [5.41, 5.74) is 7.96. The first kappa shape index (κ1) is 9.26. The maximum atomic E-state index is 10.7. The minimum Gasteiger partial charge on any atom is -0.478 e. The van der Waals surface area contributed by atoms with Crippen LogP contribution in [0.1, 0.15) is 10.4 Å². The molecule has 0 radical (unpaired) electrons. The van der Waals surface area contributed by atoms with Gasteiger partial charge in [-0.05, 0) is 12.1 Å². The summed E-state index contributed by atoms with van der Waals surface area (Å²) in [5.74, 6) is -0.986. The Morgan fingerprint density at radius 2 is 2.27 bits per heavy atom. The van der Waals surface area contributed by atoms with Crippen molar-refractivity contribution in [3.05, 3.63) is 36.2 Å². The van der Waals surface area contributed by atoms with Gasteiger partial charge in [-0.15, -0.1) is 0 Å². The van der Waals surface area contributed by atoms with Crippen LogP contribution in [-0.4, -0.2) is 21.3 Å². The zero-order chi connectivity index (χ0) is 10.8. The molecule has 0 aliphatic heterocycles. The second-order valence-electron chi connectivity index (χ2n) is 3.09. The molecule has 0 saturated heterocycles. The van der Waals surface area contributed by atoms with Gasteiger partial charge in [0.1, 0.15) is 0 Å². The molecule has 5 heteroatoms. The van der Waals surface area contributed by atoms with Crippen LogP contribution in [0.15, 0.2) is 30.6 Å². The third-order valence-electron chi connectivity index (χ3n) is 2.11. The predicted octanol–water partition coefficient (Wildman–Crippen LogP) is 1.36. The van der Waals surface area contributed by atoms with Gasteiger partial charge in [0.05, 0.1) is 11.8 Å². The van der Waals surface area contributed by atoms with Crippen molar-refractivity contribution in [1.29, 1.82) is 0 Å². The van der Waals surface area contributed by atoms with Gasteiger partial charge in [0.25, 0.3) is 0 Å². The number of anilines is 1. The fourth-order valence-electron chi connectivity index (χ4n) is 1.36. The van der Waals surface area contributed by atoms with Crippen LogP contribution in [0.5, 0.6) is 0 Å². The number of hydrogen-bond acceptors (Lipinski definition) is 3. The molecule has 2 aromatic rings. The van der Waals surface area contributed by atoms with E-state index < -0.39 is 5.97 Å². The lowest BCUT2D eigenvalue weighted by atomic mass is 10.0. The van der Waals surface area contributed by atoms with Crippen molar-refractivity contribution in [3.63, 3.8) is 0 Å². The minimum absolute atomic E-state index is 0.180. The fourth-order valence-corrected chi connectivity index (χ4v) is 1.36. The highest BCUT2D eigenvalue weighted by atomic mass is 16.4. The van der Waals surface area contributed by atoms with Gasteiger partial charge >= 0.3 is 5.97 Å². The van der Waals surface area contributed by atoms with Crippen LogP contribution in [0.2, 0.25) is 0 Å². The van der Waals surface area contributed by atoms with E-state index in [0.29, 0.717) is 5.69 Å². The zero-order valence-electron chi connectivity index (χ0n) is 7.77. The van der Waals surface area contributed by atoms with Gasteiger partial charge in [-0.2, -0.15) is 5.10 Å². The van der Waals surface area contributed by atoms with Gasteiger partial charge in [-0.25, -0.2) is 4.79 Å². The summed E-state index contributed by atoms with van der Waals surface area (Å²) in [6.45, 7) is 0. The van der Waals surface area contributed by atoms with E-state index in [-0.39, 0.29) is 5.56 Å². The average Bonchev–Trinajstić information content (AvgIpc) is 2.70. The van der Waals surface area contributed by atoms with Crippen molar-refractivity contribution in [3.8, 4) is 11.1 Å². The lowest BCUT2D eigenvalue weighted by molar-refractivity contribution is 0.0697. The molecule has 1 aromatic carbocycles. The number of nitrogens with two attached hydrogens (primary N) is 1. The standard InChI is InChI=1S/C10H9N3O2/c11-9-3-6(10(14)15)1-2-8(9)7-4-12-13-5-7/h1-5H,11H2,(H,12,13)(H,14,15). The Labute approximate surface area is 85.5 Å². The minimum atomic E-state index is -0.986. The summed E-state index contributed by atoms with van der Waals surface area (Å²) in [4.78, 5) is 10.7. The van der Waals surface area contributed by atoms with E-state index in [0.717, 1.165) is 11.1 Å². The summed E-state index contributed by atoms with van der Waals surface area (Å²) in [5, 5.41) is 15.2. The Kier molecular flexibility index (Phi) is 2.13. The molecule has 0 aliphatic rings. The second kappa shape index (κ2) is 3.45. The molecule has 5 nitrogen and oxygen atoms in total. The number of aromatic carboxylic acids is 1. The molecule has 1 aromatic heterocycles. The molecule has 0 fully saturated rings. The molecule has 0 saturated carbocycles. The number of hydrogen-bond donors (Lipinski definition) is 3. The number of aromatic nitrogens is 2. The highest BCUT2D eigenvalue weighted by molar-refractivity contribution is 5.91. The van der Waals surface area contributed by atoms with Crippen LogP contribution in [0.3, 0.4) is 0 Å². The van der Waals surface area contributed by atoms with E-state index in [4.69, 9.17) is 10.8 Å². The van der Waals surface area contributed by atoms with Crippen molar-refractivity contribution in [2.75, 3.05) is 5.73 Å². The van der Waals surface area contributed by atoms with Crippen LogP contribution in [0.25, 0.3) is 11.1 Å². The van der Waals surface area contributed by atoms with E-state index in [1.165, 1.54) is 12.1 Å². The first-order chi connectivity index (χ1) is 7.18. The van der Waals surface area contributed by atoms with E-state index in [1.807, 2.05) is 0 Å². The quantitative estimate of drug-likeness (QED) is 0.642. The highest BCUT2D eigenvalue weighted by Gasteiger charge is 2.08. The number of aromatic amines is 1. The molecule has 2 rings (SSSR count). The number of H-pyrrole nitrogens is 1. The van der Waals surface area contributed by atoms with E-state index in [2.05, 4.69) is 10.2 Å². The second-order valence-corrected chi connectivity index (χ2v) is 3.09. The average molecular weight is 203 g/mol. The summed E-state index contributed by atoms with van der Waals surface area (Å²) in [6.07, 6.45) is 3.33. The maximum absolute atomic E-state index is 10.7. The normalized spacial score (nSPS) is 10.1. The molecule has 4 N–H and O–H groups in total. The topological polar surface area (TPSA) is 92.0 Å². The first-order valence-electron chi connectivity index (χ1n) is 4.30. The smallest absolute Gasteiger partial charge is 0.335 e. The van der Waals surface area contributed by atoms with Gasteiger partial charge in [-0.1, -0.05) is 6.07 Å². The number of benzene rings is 1. The van der Waals surface area contributed by atoms with Gasteiger partial charge in [-0.3, -0.25) is 5.10 Å². The van der Waals surface area contributed by atoms with E-state index in [9.17, 15) is 4.79 Å². The molecule has 0 aliphatic carbocycles. The summed E-state index contributed by atoms with van der Waals surface area (Å²) in [7, 11) is 0. The molecule has 76 valence electrons. The Bertz CT molecular complexity index is 491. The highest BCUT2D eigenvalue weighted by Crippen LogP contribution is 2.25. The van der Waals surface area contributed by atoms with Gasteiger partial charge in [0.15, 0.2) is 0 Å². The third kappa shape index (κ3) is 1.67. The summed E-state index contributed by atoms with van der Waals surface area (Å²) < 4.78 is 0. The van der Waals surface area contributed by atoms with E-state index in [1.54, 1.807) is 18.5 Å². The molecule has 0 atom stereocenters. The van der Waals surface area contributed by atoms with Crippen molar-refractivity contribution in [2.24, 2.45) is 0 Å². The number of carbonyl (C=O) groups is 1. The lowest BCUT2D eigenvalue weighted by Crippen LogP contribution is -1.98. The number of rotatable bonds is 2. The number of carboxylic acid groups (broad SMARTS) is 1. The number of nitrogen functional groups attached to an aromatic ring is 1. The number of nitrogens with one attached hydrogen (secondary N) is 1. The Hall–Kier alpha value is -2.30. The van der Waals surface area contributed by atoms with Crippen LogP contribution < -0.4 is 5.73 Å². The molecule has 0 amide bonds. The molecule has 0 bridgehead atoms. The SMILES string of the molecule is Nc1cc(C(=O)O)ccc1-c1cn[nH]c1. The molecule has 0 spiro atoms. The van der Waals surface area contributed by atoms with Crippen LogP contribution in [0.4, 0.5) is 5.69 Å².